The molecule has 1 amide bonds. The minimum Gasteiger partial charge on any atom is -0.481 e. The van der Waals surface area contributed by atoms with Gasteiger partial charge in [-0.15, -0.1) is 0 Å². The van der Waals surface area contributed by atoms with Gasteiger partial charge in [0.05, 0.1) is 29.7 Å². The van der Waals surface area contributed by atoms with Gasteiger partial charge in [0.1, 0.15) is 0 Å². The second-order valence-electron chi connectivity index (χ2n) is 9.46. The quantitative estimate of drug-likeness (QED) is 0.449. The molecule has 35 heavy (non-hydrogen) atoms. The molecule has 1 fully saturated rings. The Balaban J connectivity index is 1.66. The Bertz CT molecular complexity index is 1290. The van der Waals surface area contributed by atoms with Gasteiger partial charge >= 0.3 is 12.1 Å². The van der Waals surface area contributed by atoms with Crippen molar-refractivity contribution in [2.24, 2.45) is 5.92 Å². The molecule has 0 radical (unpaired) electrons. The van der Waals surface area contributed by atoms with E-state index in [2.05, 4.69) is 9.88 Å². The average Bonchev–Trinajstić information content (AvgIpc) is 3.21. The van der Waals surface area contributed by atoms with Crippen LogP contribution in [-0.2, 0) is 16.0 Å². The summed E-state index contributed by atoms with van der Waals surface area (Å²) >= 11 is 6.22. The number of hydrogen-bond acceptors (Lipinski definition) is 5. The highest BCUT2D eigenvalue weighted by molar-refractivity contribution is 6.30. The van der Waals surface area contributed by atoms with Gasteiger partial charge in [-0.1, -0.05) is 24.1 Å². The zero-order chi connectivity index (χ0) is 24.7. The van der Waals surface area contributed by atoms with Gasteiger partial charge in [-0.05, 0) is 69.4 Å². The Morgan fingerprint density at radius 2 is 2.03 bits per heavy atom. The first kappa shape index (κ1) is 23.5. The van der Waals surface area contributed by atoms with Gasteiger partial charge in [0.15, 0.2) is 0 Å². The molecule has 184 valence electrons. The summed E-state index contributed by atoms with van der Waals surface area (Å²) in [6.07, 6.45) is 4.17. The van der Waals surface area contributed by atoms with E-state index in [0.717, 1.165) is 53.7 Å². The maximum atomic E-state index is 12.6. The topological polar surface area (TPSA) is 96.7 Å². The summed E-state index contributed by atoms with van der Waals surface area (Å²) in [6.45, 7) is 2.02. The number of imidazole rings is 1. The van der Waals surface area contributed by atoms with Crippen LogP contribution in [0.25, 0.3) is 11.0 Å². The number of fused-ring (bicyclic) bond motifs is 3. The van der Waals surface area contributed by atoms with Crippen molar-refractivity contribution >= 4 is 52.0 Å². The molecular formula is C26H29ClN4O4. The summed E-state index contributed by atoms with van der Waals surface area (Å²) in [7, 11) is 1.39. The molecule has 2 aromatic carbocycles. The fourth-order valence-corrected chi connectivity index (χ4v) is 5.74. The van der Waals surface area contributed by atoms with Crippen molar-refractivity contribution in [3.8, 4) is 0 Å². The van der Waals surface area contributed by atoms with Crippen LogP contribution in [0.3, 0.4) is 0 Å². The van der Waals surface area contributed by atoms with Crippen LogP contribution in [0, 0.1) is 5.92 Å². The molecule has 8 nitrogen and oxygen atoms in total. The standard InChI is InChI=1S/C26H29ClN4O4/c1-15-9-10-20-21(30(15)26(34)35-2)11-12-22-23(20)29-25(28-18-7-4-6-17(27)14-18)31(22)19-8-3-5-16(13-19)24(32)33/h4,6-7,11-12,14-16,19H,3,5,8-10,13H2,1-2H3,(H,28,29)(H,32,33)/t15?,16-,19-/m1/s1. The van der Waals surface area contributed by atoms with Crippen molar-refractivity contribution in [3.63, 3.8) is 0 Å². The lowest BCUT2D eigenvalue weighted by atomic mass is 9.85. The first-order valence-electron chi connectivity index (χ1n) is 12.0. The Hall–Kier alpha value is -3.26. The highest BCUT2D eigenvalue weighted by Gasteiger charge is 2.34. The summed E-state index contributed by atoms with van der Waals surface area (Å²) in [6, 6.07) is 11.4. The minimum absolute atomic E-state index is 0.00573. The number of nitrogens with one attached hydrogen (secondary N) is 1. The molecule has 1 aliphatic heterocycles. The Labute approximate surface area is 208 Å². The lowest BCUT2D eigenvalue weighted by molar-refractivity contribution is -0.143. The van der Waals surface area contributed by atoms with Crippen molar-refractivity contribution in [3.05, 3.63) is 47.0 Å². The number of aryl methyl sites for hydroxylation is 1. The third kappa shape index (κ3) is 4.31. The monoisotopic (exact) mass is 496 g/mol. The molecule has 0 bridgehead atoms. The van der Waals surface area contributed by atoms with Crippen molar-refractivity contribution in [2.45, 2.75) is 57.5 Å². The molecule has 0 saturated heterocycles. The maximum absolute atomic E-state index is 12.6. The largest absolute Gasteiger partial charge is 0.481 e. The number of amides is 1. The Kier molecular flexibility index (Phi) is 6.32. The molecule has 1 saturated carbocycles. The molecule has 1 aliphatic carbocycles. The minimum atomic E-state index is -0.747. The Morgan fingerprint density at radius 1 is 1.20 bits per heavy atom. The predicted octanol–water partition coefficient (Wildman–Crippen LogP) is 6.16. The number of carbonyl (C=O) groups is 2. The molecule has 0 spiro atoms. The van der Waals surface area contributed by atoms with E-state index < -0.39 is 5.97 Å². The first-order valence-corrected chi connectivity index (χ1v) is 12.4. The van der Waals surface area contributed by atoms with E-state index >= 15 is 0 Å². The number of hydrogen-bond donors (Lipinski definition) is 2. The Morgan fingerprint density at radius 3 is 2.77 bits per heavy atom. The van der Waals surface area contributed by atoms with E-state index in [4.69, 9.17) is 21.3 Å². The number of benzene rings is 2. The van der Waals surface area contributed by atoms with Gasteiger partial charge in [-0.3, -0.25) is 9.69 Å². The predicted molar refractivity (Wildman–Crippen MR) is 136 cm³/mol. The van der Waals surface area contributed by atoms with Crippen LogP contribution in [0.15, 0.2) is 36.4 Å². The number of carboxylic acid groups (broad SMARTS) is 1. The van der Waals surface area contributed by atoms with Gasteiger partial charge in [0.2, 0.25) is 5.95 Å². The van der Waals surface area contributed by atoms with E-state index in [1.54, 1.807) is 4.90 Å². The normalized spacial score (nSPS) is 22.0. The lowest BCUT2D eigenvalue weighted by Crippen LogP contribution is -2.42. The fourth-order valence-electron chi connectivity index (χ4n) is 5.55. The van der Waals surface area contributed by atoms with Gasteiger partial charge < -0.3 is 19.7 Å². The van der Waals surface area contributed by atoms with E-state index in [0.29, 0.717) is 23.8 Å². The zero-order valence-electron chi connectivity index (χ0n) is 19.8. The molecule has 3 atom stereocenters. The van der Waals surface area contributed by atoms with Crippen LogP contribution < -0.4 is 10.2 Å². The van der Waals surface area contributed by atoms with Crippen molar-refractivity contribution < 1.29 is 19.4 Å². The molecule has 1 aromatic heterocycles. The van der Waals surface area contributed by atoms with Gasteiger partial charge in [0.25, 0.3) is 0 Å². The molecule has 2 N–H and O–H groups in total. The summed E-state index contributed by atoms with van der Waals surface area (Å²) in [5.74, 6) is -0.475. The number of carbonyl (C=O) groups excluding carboxylic acids is 1. The number of aliphatic carboxylic acids is 1. The number of rotatable bonds is 4. The molecule has 3 aromatic rings. The first-order chi connectivity index (χ1) is 16.9. The highest BCUT2D eigenvalue weighted by atomic mass is 35.5. The molecule has 1 unspecified atom stereocenters. The second-order valence-corrected chi connectivity index (χ2v) is 9.89. The smallest absolute Gasteiger partial charge is 0.414 e. The van der Waals surface area contributed by atoms with Crippen molar-refractivity contribution in [1.82, 2.24) is 9.55 Å². The van der Waals surface area contributed by atoms with Crippen LogP contribution in [0.1, 0.15) is 50.6 Å². The van der Waals surface area contributed by atoms with Crippen LogP contribution in [0.2, 0.25) is 5.02 Å². The van der Waals surface area contributed by atoms with Gasteiger partial charge in [-0.2, -0.15) is 0 Å². The number of carboxylic acids is 1. The highest BCUT2D eigenvalue weighted by Crippen LogP contribution is 2.42. The van der Waals surface area contributed by atoms with Crippen LogP contribution in [0.5, 0.6) is 0 Å². The molecule has 5 rings (SSSR count). The number of ether oxygens (including phenoxy) is 1. The number of anilines is 3. The van der Waals surface area contributed by atoms with E-state index in [9.17, 15) is 14.7 Å². The molecular weight excluding hydrogens is 468 g/mol. The van der Waals surface area contributed by atoms with E-state index in [-0.39, 0.29) is 24.1 Å². The van der Waals surface area contributed by atoms with Gasteiger partial charge in [0, 0.05) is 28.4 Å². The van der Waals surface area contributed by atoms with E-state index in [1.165, 1.54) is 7.11 Å². The third-order valence-electron chi connectivity index (χ3n) is 7.27. The number of nitrogens with zero attached hydrogens (tertiary/aromatic N) is 3. The SMILES string of the molecule is COC(=O)N1c2ccc3c(nc(Nc4cccc(Cl)c4)n3[C@@H]3CCC[C@@H](C(=O)O)C3)c2CCC1C. The zero-order valence-corrected chi connectivity index (χ0v) is 20.6. The lowest BCUT2D eigenvalue weighted by Gasteiger charge is -2.34. The number of aromatic nitrogens is 2. The molecule has 9 heteroatoms. The summed E-state index contributed by atoms with van der Waals surface area (Å²) in [4.78, 5) is 31.1. The number of methoxy groups -OCH3 is 1. The number of halogens is 1. The molecule has 2 heterocycles. The average molecular weight is 497 g/mol. The summed E-state index contributed by atoms with van der Waals surface area (Å²) in [5, 5.41) is 13.7. The van der Waals surface area contributed by atoms with Crippen molar-refractivity contribution in [1.29, 1.82) is 0 Å². The van der Waals surface area contributed by atoms with Crippen LogP contribution in [0.4, 0.5) is 22.1 Å². The van der Waals surface area contributed by atoms with Gasteiger partial charge in [-0.25, -0.2) is 9.78 Å². The fraction of sp³-hybridized carbons (Fsp3) is 0.423. The summed E-state index contributed by atoms with van der Waals surface area (Å²) < 4.78 is 7.20. The van der Waals surface area contributed by atoms with Crippen LogP contribution in [-0.4, -0.2) is 39.9 Å². The summed E-state index contributed by atoms with van der Waals surface area (Å²) in [5.41, 5.74) is 4.38. The maximum Gasteiger partial charge on any atom is 0.414 e. The second kappa shape index (κ2) is 9.41. The van der Waals surface area contributed by atoms with Crippen LogP contribution >= 0.6 is 11.6 Å². The van der Waals surface area contributed by atoms with Crippen molar-refractivity contribution in [2.75, 3.05) is 17.3 Å². The molecule has 2 aliphatic rings. The van der Waals surface area contributed by atoms with E-state index in [1.807, 2.05) is 43.3 Å². The third-order valence-corrected chi connectivity index (χ3v) is 7.50.